The lowest BCUT2D eigenvalue weighted by atomic mass is 10.1. The second-order valence-electron chi connectivity index (χ2n) is 4.87. The summed E-state index contributed by atoms with van der Waals surface area (Å²) in [6, 6.07) is 5.15. The molecule has 1 amide bonds. The molecule has 21 heavy (non-hydrogen) atoms. The first-order valence-corrected chi connectivity index (χ1v) is 6.81. The maximum Gasteiger partial charge on any atom is 0.296 e. The monoisotopic (exact) mass is 305 g/mol. The summed E-state index contributed by atoms with van der Waals surface area (Å²) < 4.78 is 1.58. The summed E-state index contributed by atoms with van der Waals surface area (Å²) in [7, 11) is 1.73. The summed E-state index contributed by atoms with van der Waals surface area (Å²) in [5.41, 5.74) is 2.79. The van der Waals surface area contributed by atoms with Crippen molar-refractivity contribution in [3.05, 3.63) is 45.7 Å². The van der Waals surface area contributed by atoms with Gasteiger partial charge in [-0.05, 0) is 38.5 Å². The second-order valence-corrected chi connectivity index (χ2v) is 5.27. The molecule has 1 aromatic heterocycles. The van der Waals surface area contributed by atoms with Crippen LogP contribution in [0.4, 0.5) is 5.69 Å². The van der Waals surface area contributed by atoms with Crippen LogP contribution in [0.1, 0.15) is 27.3 Å². The van der Waals surface area contributed by atoms with Gasteiger partial charge in [-0.25, -0.2) is 0 Å². The van der Waals surface area contributed by atoms with Gasteiger partial charge in [-0.1, -0.05) is 17.7 Å². The van der Waals surface area contributed by atoms with E-state index in [2.05, 4.69) is 10.4 Å². The fraction of sp³-hybridized carbons (Fsp3) is 0.267. The van der Waals surface area contributed by atoms with Gasteiger partial charge in [0.2, 0.25) is 0 Å². The Bertz CT molecular complexity index is 735. The number of benzene rings is 1. The maximum absolute atomic E-state index is 12.3. The van der Waals surface area contributed by atoms with Crippen molar-refractivity contribution in [3.63, 3.8) is 0 Å². The number of amides is 1. The average molecular weight is 306 g/mol. The van der Waals surface area contributed by atoms with Gasteiger partial charge in [-0.3, -0.25) is 14.3 Å². The fourth-order valence-electron chi connectivity index (χ4n) is 2.14. The topological polar surface area (TPSA) is 64.0 Å². The Labute approximate surface area is 127 Å². The van der Waals surface area contributed by atoms with E-state index in [-0.39, 0.29) is 0 Å². The summed E-state index contributed by atoms with van der Waals surface area (Å²) in [5.74, 6) is -1.29. The summed E-state index contributed by atoms with van der Waals surface area (Å²) in [4.78, 5) is 24.5. The highest BCUT2D eigenvalue weighted by Crippen LogP contribution is 2.23. The van der Waals surface area contributed by atoms with E-state index >= 15 is 0 Å². The van der Waals surface area contributed by atoms with Crippen molar-refractivity contribution in [2.75, 3.05) is 5.32 Å². The molecule has 0 aliphatic rings. The molecule has 6 heteroatoms. The van der Waals surface area contributed by atoms with E-state index in [9.17, 15) is 9.59 Å². The van der Waals surface area contributed by atoms with E-state index in [1.54, 1.807) is 50.7 Å². The standard InChI is InChI=1S/C15H16ClN3O2/c1-8-11(16)6-5-7-12(8)17-15(21)14(20)13-9(2)18-19(4)10(13)3/h5-7H,1-4H3,(H,17,21). The van der Waals surface area contributed by atoms with Gasteiger partial charge in [0.15, 0.2) is 0 Å². The van der Waals surface area contributed by atoms with E-state index in [1.165, 1.54) is 0 Å². The molecule has 0 unspecified atom stereocenters. The van der Waals surface area contributed by atoms with E-state index < -0.39 is 11.7 Å². The summed E-state index contributed by atoms with van der Waals surface area (Å²) >= 11 is 6.00. The Balaban J connectivity index is 2.28. The van der Waals surface area contributed by atoms with Crippen molar-refractivity contribution >= 4 is 29.0 Å². The van der Waals surface area contributed by atoms with Crippen molar-refractivity contribution in [2.45, 2.75) is 20.8 Å². The van der Waals surface area contributed by atoms with Crippen molar-refractivity contribution in [2.24, 2.45) is 7.05 Å². The lowest BCUT2D eigenvalue weighted by Crippen LogP contribution is -2.24. The van der Waals surface area contributed by atoms with Crippen LogP contribution in [-0.4, -0.2) is 21.5 Å². The molecule has 0 aliphatic carbocycles. The average Bonchev–Trinajstić information content (AvgIpc) is 2.68. The first-order chi connectivity index (χ1) is 9.82. The van der Waals surface area contributed by atoms with Crippen molar-refractivity contribution in [3.8, 4) is 0 Å². The normalized spacial score (nSPS) is 10.5. The molecule has 1 heterocycles. The highest BCUT2D eigenvalue weighted by atomic mass is 35.5. The Morgan fingerprint density at radius 1 is 1.24 bits per heavy atom. The lowest BCUT2D eigenvalue weighted by molar-refractivity contribution is -0.112. The number of hydrogen-bond donors (Lipinski definition) is 1. The van der Waals surface area contributed by atoms with Crippen LogP contribution < -0.4 is 5.32 Å². The van der Waals surface area contributed by atoms with Crippen LogP contribution in [0.2, 0.25) is 5.02 Å². The van der Waals surface area contributed by atoms with Gasteiger partial charge in [0.05, 0.1) is 11.3 Å². The number of nitrogens with one attached hydrogen (secondary N) is 1. The number of anilines is 1. The number of carbonyl (C=O) groups excluding carboxylic acids is 2. The molecule has 0 aliphatic heterocycles. The number of Topliss-reactive ketones (excluding diaryl/α,β-unsaturated/α-hetero) is 1. The molecule has 1 N–H and O–H groups in total. The van der Waals surface area contributed by atoms with Crippen LogP contribution in [0.15, 0.2) is 18.2 Å². The Morgan fingerprint density at radius 3 is 2.48 bits per heavy atom. The van der Waals surface area contributed by atoms with E-state index in [1.807, 2.05) is 0 Å². The summed E-state index contributed by atoms with van der Waals surface area (Å²) in [6.07, 6.45) is 0. The Kier molecular flexibility index (Phi) is 4.14. The molecule has 2 rings (SSSR count). The fourth-order valence-corrected chi connectivity index (χ4v) is 2.31. The first-order valence-electron chi connectivity index (χ1n) is 6.44. The van der Waals surface area contributed by atoms with Gasteiger partial charge in [-0.2, -0.15) is 5.10 Å². The molecule has 1 aromatic carbocycles. The molecular formula is C15H16ClN3O2. The third-order valence-corrected chi connectivity index (χ3v) is 3.87. The predicted molar refractivity (Wildman–Crippen MR) is 81.8 cm³/mol. The van der Waals surface area contributed by atoms with Gasteiger partial charge in [0.1, 0.15) is 0 Å². The molecule has 2 aromatic rings. The number of aromatic nitrogens is 2. The van der Waals surface area contributed by atoms with Gasteiger partial charge >= 0.3 is 0 Å². The number of rotatable bonds is 3. The number of hydrogen-bond acceptors (Lipinski definition) is 3. The highest BCUT2D eigenvalue weighted by molar-refractivity contribution is 6.47. The second kappa shape index (κ2) is 5.69. The van der Waals surface area contributed by atoms with Gasteiger partial charge in [0, 0.05) is 23.5 Å². The van der Waals surface area contributed by atoms with Crippen LogP contribution in [0.25, 0.3) is 0 Å². The molecule has 0 bridgehead atoms. The molecule has 110 valence electrons. The molecule has 0 saturated carbocycles. The Hall–Kier alpha value is -2.14. The number of halogens is 1. The zero-order chi connectivity index (χ0) is 15.7. The highest BCUT2D eigenvalue weighted by Gasteiger charge is 2.24. The third-order valence-electron chi connectivity index (χ3n) is 3.46. The van der Waals surface area contributed by atoms with Crippen molar-refractivity contribution in [1.29, 1.82) is 0 Å². The largest absolute Gasteiger partial charge is 0.319 e. The molecule has 0 atom stereocenters. The first kappa shape index (κ1) is 15.3. The van der Waals surface area contributed by atoms with Crippen LogP contribution in [0.3, 0.4) is 0 Å². The number of carbonyl (C=O) groups is 2. The predicted octanol–water partition coefficient (Wildman–Crippen LogP) is 2.82. The minimum absolute atomic E-state index is 0.342. The van der Waals surface area contributed by atoms with Crippen LogP contribution >= 0.6 is 11.6 Å². The quantitative estimate of drug-likeness (QED) is 0.700. The number of ketones is 1. The SMILES string of the molecule is Cc1nn(C)c(C)c1C(=O)C(=O)Nc1cccc(Cl)c1C. The van der Waals surface area contributed by atoms with Crippen LogP contribution in [0, 0.1) is 20.8 Å². The molecule has 0 fully saturated rings. The van der Waals surface area contributed by atoms with Gasteiger partial charge < -0.3 is 5.32 Å². The van der Waals surface area contributed by atoms with Gasteiger partial charge in [0.25, 0.3) is 11.7 Å². The van der Waals surface area contributed by atoms with Crippen LogP contribution in [-0.2, 0) is 11.8 Å². The molecular weight excluding hydrogens is 290 g/mol. The number of nitrogens with zero attached hydrogens (tertiary/aromatic N) is 2. The molecule has 5 nitrogen and oxygen atoms in total. The lowest BCUT2D eigenvalue weighted by Gasteiger charge is -2.09. The molecule has 0 spiro atoms. The third kappa shape index (κ3) is 2.83. The van der Waals surface area contributed by atoms with E-state index in [0.29, 0.717) is 27.7 Å². The minimum Gasteiger partial charge on any atom is -0.319 e. The smallest absolute Gasteiger partial charge is 0.296 e. The number of aryl methyl sites for hydroxylation is 2. The zero-order valence-corrected chi connectivity index (χ0v) is 13.1. The Morgan fingerprint density at radius 2 is 1.90 bits per heavy atom. The maximum atomic E-state index is 12.3. The zero-order valence-electron chi connectivity index (χ0n) is 12.3. The van der Waals surface area contributed by atoms with Crippen LogP contribution in [0.5, 0.6) is 0 Å². The van der Waals surface area contributed by atoms with E-state index in [0.717, 1.165) is 5.56 Å². The molecule has 0 radical (unpaired) electrons. The molecule has 0 saturated heterocycles. The minimum atomic E-state index is -0.695. The van der Waals surface area contributed by atoms with Gasteiger partial charge in [-0.15, -0.1) is 0 Å². The van der Waals surface area contributed by atoms with Crippen molar-refractivity contribution < 1.29 is 9.59 Å². The summed E-state index contributed by atoms with van der Waals surface area (Å²) in [6.45, 7) is 5.24. The van der Waals surface area contributed by atoms with E-state index in [4.69, 9.17) is 11.6 Å². The summed E-state index contributed by atoms with van der Waals surface area (Å²) in [5, 5.41) is 7.29. The van der Waals surface area contributed by atoms with Crippen molar-refractivity contribution in [1.82, 2.24) is 9.78 Å².